The maximum Gasteiger partial charge on any atom is 0.270 e. The number of benzene rings is 4. The van der Waals surface area contributed by atoms with Gasteiger partial charge in [-0.05, 0) is 41.9 Å². The number of nitrogens with zero attached hydrogens (tertiary/aromatic N) is 2. The summed E-state index contributed by atoms with van der Waals surface area (Å²) in [6, 6.07) is 36.1. The highest BCUT2D eigenvalue weighted by Gasteiger charge is 2.21. The van der Waals surface area contributed by atoms with Gasteiger partial charge in [-0.3, -0.25) is 15.1 Å². The second kappa shape index (κ2) is 10.1. The topological polar surface area (TPSA) is 55.5 Å². The van der Waals surface area contributed by atoms with Gasteiger partial charge in [-0.15, -0.1) is 0 Å². The van der Waals surface area contributed by atoms with Crippen LogP contribution in [0.4, 0.5) is 5.69 Å². The molecule has 4 aromatic carbocycles. The Morgan fingerprint density at radius 3 is 2.03 bits per heavy atom. The third-order valence-corrected chi connectivity index (χ3v) is 7.70. The number of aliphatic imine (C=N–C) groups is 1. The third kappa shape index (κ3) is 4.99. The molecular weight excluding hydrogens is 415 g/mol. The normalized spacial score (nSPS) is 12.2. The lowest BCUT2D eigenvalue weighted by molar-refractivity contribution is -0.384. The van der Waals surface area contributed by atoms with E-state index in [-0.39, 0.29) is 16.7 Å². The lowest BCUT2D eigenvalue weighted by Crippen LogP contribution is -2.23. The molecule has 0 aliphatic rings. The summed E-state index contributed by atoms with van der Waals surface area (Å²) in [5.41, 5.74) is 1.95. The van der Waals surface area contributed by atoms with Crippen LogP contribution in [0.1, 0.15) is 24.1 Å². The second-order valence-corrected chi connectivity index (χ2v) is 9.56. The van der Waals surface area contributed by atoms with Crippen molar-refractivity contribution < 1.29 is 4.92 Å². The Labute approximate surface area is 189 Å². The lowest BCUT2D eigenvalue weighted by Gasteiger charge is -2.23. The molecule has 0 unspecified atom stereocenters. The number of nitro groups is 1. The average Bonchev–Trinajstić information content (AvgIpc) is 2.84. The van der Waals surface area contributed by atoms with Gasteiger partial charge in [0.2, 0.25) is 0 Å². The highest BCUT2D eigenvalue weighted by molar-refractivity contribution is 7.79. The van der Waals surface area contributed by atoms with E-state index >= 15 is 0 Å². The smallest absolute Gasteiger partial charge is 0.270 e. The first-order chi connectivity index (χ1) is 15.6. The van der Waals surface area contributed by atoms with E-state index in [1.807, 2.05) is 24.3 Å². The van der Waals surface area contributed by atoms with Gasteiger partial charge in [0.25, 0.3) is 5.69 Å². The predicted molar refractivity (Wildman–Crippen MR) is 134 cm³/mol. The van der Waals surface area contributed by atoms with Gasteiger partial charge in [0.15, 0.2) is 0 Å². The fourth-order valence-electron chi connectivity index (χ4n) is 3.62. The Kier molecular flexibility index (Phi) is 6.84. The van der Waals surface area contributed by atoms with Crippen LogP contribution in [0.25, 0.3) is 0 Å². The molecule has 0 amide bonds. The molecule has 1 atom stereocenters. The van der Waals surface area contributed by atoms with E-state index in [1.54, 1.807) is 18.3 Å². The quantitative estimate of drug-likeness (QED) is 0.165. The van der Waals surface area contributed by atoms with Gasteiger partial charge >= 0.3 is 0 Å². The summed E-state index contributed by atoms with van der Waals surface area (Å²) in [7, 11) is -0.741. The molecule has 4 nitrogen and oxygen atoms in total. The molecule has 0 saturated carbocycles. The van der Waals surface area contributed by atoms with Crippen molar-refractivity contribution in [2.45, 2.75) is 13.0 Å². The summed E-state index contributed by atoms with van der Waals surface area (Å²) < 4.78 is 0. The maximum absolute atomic E-state index is 11.1. The fraction of sp³-hybridized carbons (Fsp3) is 0.0741. The summed E-state index contributed by atoms with van der Waals surface area (Å²) in [5, 5.41) is 14.9. The molecule has 0 aromatic heterocycles. The minimum absolute atomic E-state index is 0.0682. The predicted octanol–water partition coefficient (Wildman–Crippen LogP) is 5.53. The largest absolute Gasteiger partial charge is 0.285 e. The molecule has 0 heterocycles. The molecular formula is C27H23N2O2P. The van der Waals surface area contributed by atoms with Gasteiger partial charge in [0, 0.05) is 18.3 Å². The first kappa shape index (κ1) is 21.6. The molecule has 32 heavy (non-hydrogen) atoms. The van der Waals surface area contributed by atoms with Crippen LogP contribution in [0.3, 0.4) is 0 Å². The molecule has 0 saturated heterocycles. The van der Waals surface area contributed by atoms with E-state index in [0.717, 1.165) is 11.1 Å². The van der Waals surface area contributed by atoms with Crippen molar-refractivity contribution >= 4 is 35.7 Å². The van der Waals surface area contributed by atoms with Crippen LogP contribution in [0, 0.1) is 10.1 Å². The monoisotopic (exact) mass is 438 g/mol. The summed E-state index contributed by atoms with van der Waals surface area (Å²) >= 11 is 0. The number of non-ortho nitro benzene ring substituents is 1. The van der Waals surface area contributed by atoms with Crippen molar-refractivity contribution in [3.63, 3.8) is 0 Å². The molecule has 4 aromatic rings. The first-order valence-corrected chi connectivity index (χ1v) is 11.7. The molecule has 0 bridgehead atoms. The van der Waals surface area contributed by atoms with Crippen LogP contribution in [0.15, 0.2) is 114 Å². The highest BCUT2D eigenvalue weighted by atomic mass is 31.1. The zero-order chi connectivity index (χ0) is 22.3. The third-order valence-electron chi connectivity index (χ3n) is 5.18. The Morgan fingerprint density at radius 1 is 0.812 bits per heavy atom. The van der Waals surface area contributed by atoms with Crippen molar-refractivity contribution in [2.75, 3.05) is 0 Å². The van der Waals surface area contributed by atoms with E-state index in [4.69, 9.17) is 4.99 Å². The SMILES string of the molecule is C[C@H](N=Cc1cccc([N+](=O)[O-])c1)c1ccccc1P(c1ccccc1)c1ccccc1. The van der Waals surface area contributed by atoms with Crippen LogP contribution < -0.4 is 15.9 Å². The molecule has 0 aliphatic heterocycles. The van der Waals surface area contributed by atoms with E-state index < -0.39 is 7.92 Å². The van der Waals surface area contributed by atoms with Gasteiger partial charge in [-0.2, -0.15) is 0 Å². The van der Waals surface area contributed by atoms with Gasteiger partial charge < -0.3 is 0 Å². The van der Waals surface area contributed by atoms with Gasteiger partial charge in [0.1, 0.15) is 0 Å². The molecule has 0 N–H and O–H groups in total. The summed E-state index contributed by atoms with van der Waals surface area (Å²) in [4.78, 5) is 15.4. The lowest BCUT2D eigenvalue weighted by atomic mass is 10.1. The average molecular weight is 438 g/mol. The van der Waals surface area contributed by atoms with Crippen LogP contribution in [-0.4, -0.2) is 11.1 Å². The molecule has 158 valence electrons. The maximum atomic E-state index is 11.1. The highest BCUT2D eigenvalue weighted by Crippen LogP contribution is 2.36. The molecule has 0 aliphatic carbocycles. The fourth-order valence-corrected chi connectivity index (χ4v) is 6.17. The van der Waals surface area contributed by atoms with Crippen molar-refractivity contribution in [3.05, 3.63) is 130 Å². The molecule has 0 fully saturated rings. The molecule has 0 radical (unpaired) electrons. The minimum Gasteiger partial charge on any atom is -0.285 e. The number of nitro benzene ring substituents is 1. The van der Waals surface area contributed by atoms with Gasteiger partial charge in [0.05, 0.1) is 11.0 Å². The zero-order valence-corrected chi connectivity index (χ0v) is 18.6. The minimum atomic E-state index is -0.741. The zero-order valence-electron chi connectivity index (χ0n) is 17.7. The van der Waals surface area contributed by atoms with E-state index in [2.05, 4.69) is 73.7 Å². The van der Waals surface area contributed by atoms with Gasteiger partial charge in [-0.25, -0.2) is 0 Å². The number of rotatable bonds is 7. The molecule has 4 rings (SSSR count). The summed E-state index contributed by atoms with van der Waals surface area (Å²) in [6.45, 7) is 2.07. The summed E-state index contributed by atoms with van der Waals surface area (Å²) in [6.07, 6.45) is 1.72. The van der Waals surface area contributed by atoms with Crippen LogP contribution >= 0.6 is 7.92 Å². The van der Waals surface area contributed by atoms with Crippen molar-refractivity contribution in [2.24, 2.45) is 4.99 Å². The van der Waals surface area contributed by atoms with E-state index in [9.17, 15) is 10.1 Å². The molecule has 5 heteroatoms. The Bertz CT molecular complexity index is 1190. The Morgan fingerprint density at radius 2 is 1.41 bits per heavy atom. The van der Waals surface area contributed by atoms with Crippen LogP contribution in [0.5, 0.6) is 0 Å². The Hall–Kier alpha value is -3.62. The van der Waals surface area contributed by atoms with Gasteiger partial charge in [-0.1, -0.05) is 97.1 Å². The number of hydrogen-bond acceptors (Lipinski definition) is 3. The second-order valence-electron chi connectivity index (χ2n) is 7.37. The van der Waals surface area contributed by atoms with Crippen LogP contribution in [0.2, 0.25) is 0 Å². The van der Waals surface area contributed by atoms with Crippen LogP contribution in [-0.2, 0) is 0 Å². The molecule has 0 spiro atoms. The van der Waals surface area contributed by atoms with Crippen molar-refractivity contribution in [1.82, 2.24) is 0 Å². The van der Waals surface area contributed by atoms with Crippen molar-refractivity contribution in [3.8, 4) is 0 Å². The number of hydrogen-bond donors (Lipinski definition) is 0. The summed E-state index contributed by atoms with van der Waals surface area (Å²) in [5.74, 6) is 0. The van der Waals surface area contributed by atoms with E-state index in [1.165, 1.54) is 22.0 Å². The first-order valence-electron chi connectivity index (χ1n) is 10.4. The van der Waals surface area contributed by atoms with E-state index in [0.29, 0.717) is 0 Å². The Balaban J connectivity index is 1.72. The van der Waals surface area contributed by atoms with Crippen molar-refractivity contribution in [1.29, 1.82) is 0 Å². The standard InChI is InChI=1S/C27H23N2O2P/c1-21(28-20-22-11-10-12-23(19-22)29(30)31)26-17-8-9-18-27(26)32(24-13-4-2-5-14-24)25-15-6-3-7-16-25/h2-21H,1H3/t21-/m0/s1.